The Balaban J connectivity index is 1.63. The lowest BCUT2D eigenvalue weighted by Gasteiger charge is -2.11. The highest BCUT2D eigenvalue weighted by Crippen LogP contribution is 2.27. The molecule has 0 atom stereocenters. The third-order valence-electron chi connectivity index (χ3n) is 4.30. The largest absolute Gasteiger partial charge is 0.442 e. The van der Waals surface area contributed by atoms with Crippen molar-refractivity contribution in [1.82, 2.24) is 9.97 Å². The normalized spacial score (nSPS) is 12.6. The number of amides is 1. The van der Waals surface area contributed by atoms with Crippen molar-refractivity contribution in [2.45, 2.75) is 19.9 Å². The highest BCUT2D eigenvalue weighted by Gasteiger charge is 2.21. The van der Waals surface area contributed by atoms with E-state index in [4.69, 9.17) is 16.0 Å². The highest BCUT2D eigenvalue weighted by molar-refractivity contribution is 6.30. The zero-order valence-corrected chi connectivity index (χ0v) is 14.7. The van der Waals surface area contributed by atoms with Crippen molar-refractivity contribution >= 4 is 28.9 Å². The molecule has 1 aromatic carbocycles. The van der Waals surface area contributed by atoms with Crippen LogP contribution in [0.25, 0.3) is 0 Å². The third kappa shape index (κ3) is 2.88. The average Bonchev–Trinajstić information content (AvgIpc) is 3.30. The molecule has 0 saturated carbocycles. The molecule has 4 rings (SSSR count). The van der Waals surface area contributed by atoms with E-state index in [-0.39, 0.29) is 5.91 Å². The fourth-order valence-electron chi connectivity index (χ4n) is 3.02. The van der Waals surface area contributed by atoms with E-state index in [1.807, 2.05) is 25.1 Å². The van der Waals surface area contributed by atoms with Gasteiger partial charge in [-0.05, 0) is 30.2 Å². The van der Waals surface area contributed by atoms with Crippen LogP contribution in [0.2, 0.25) is 5.15 Å². The molecule has 1 amide bonds. The summed E-state index contributed by atoms with van der Waals surface area (Å²) in [5.41, 5.74) is 4.69. The van der Waals surface area contributed by atoms with Gasteiger partial charge in [-0.25, -0.2) is 9.97 Å². The van der Waals surface area contributed by atoms with Gasteiger partial charge in [0.2, 0.25) is 0 Å². The Labute approximate surface area is 155 Å². The number of halogens is 1. The molecule has 3 heterocycles. The van der Waals surface area contributed by atoms with E-state index in [1.54, 1.807) is 12.3 Å². The van der Waals surface area contributed by atoms with Crippen LogP contribution < -0.4 is 5.32 Å². The molecule has 0 spiro atoms. The second kappa shape index (κ2) is 6.72. The summed E-state index contributed by atoms with van der Waals surface area (Å²) in [6.07, 6.45) is 5.17. The zero-order chi connectivity index (χ0) is 18.1. The lowest BCUT2D eigenvalue weighted by atomic mass is 10.0. The maximum Gasteiger partial charge on any atom is 0.256 e. The van der Waals surface area contributed by atoms with E-state index in [0.717, 1.165) is 22.4 Å². The number of aromatic nitrogens is 2. The molecule has 6 nitrogen and oxygen atoms in total. The maximum atomic E-state index is 12.7. The van der Waals surface area contributed by atoms with Crippen LogP contribution in [0.1, 0.15) is 39.7 Å². The first kappa shape index (κ1) is 16.5. The lowest BCUT2D eigenvalue weighted by molar-refractivity contribution is 0.102. The molecule has 7 heteroatoms. The minimum atomic E-state index is -0.220. The number of carbonyl (C=O) groups excluding carboxylic acids is 1. The Morgan fingerprint density at radius 2 is 2.23 bits per heavy atom. The Morgan fingerprint density at radius 1 is 1.35 bits per heavy atom. The van der Waals surface area contributed by atoms with Gasteiger partial charge in [-0.2, -0.15) is 0 Å². The monoisotopic (exact) mass is 366 g/mol. The quantitative estimate of drug-likeness (QED) is 0.710. The smallest absolute Gasteiger partial charge is 0.256 e. The maximum absolute atomic E-state index is 12.7. The van der Waals surface area contributed by atoms with Gasteiger partial charge in [-0.1, -0.05) is 24.6 Å². The van der Waals surface area contributed by atoms with E-state index in [2.05, 4.69) is 20.3 Å². The summed E-state index contributed by atoms with van der Waals surface area (Å²) in [6.45, 7) is 2.52. The van der Waals surface area contributed by atoms with Gasteiger partial charge in [0, 0.05) is 28.6 Å². The van der Waals surface area contributed by atoms with E-state index >= 15 is 0 Å². The van der Waals surface area contributed by atoms with Gasteiger partial charge in [0.15, 0.2) is 12.2 Å². The molecule has 130 valence electrons. The second-order valence-electron chi connectivity index (χ2n) is 5.84. The summed E-state index contributed by atoms with van der Waals surface area (Å²) in [7, 11) is 0. The molecular weight excluding hydrogens is 352 g/mol. The summed E-state index contributed by atoms with van der Waals surface area (Å²) in [5.74, 6) is 0.392. The van der Waals surface area contributed by atoms with E-state index in [0.29, 0.717) is 35.1 Å². The van der Waals surface area contributed by atoms with Crippen molar-refractivity contribution in [3.63, 3.8) is 0 Å². The number of anilines is 1. The van der Waals surface area contributed by atoms with Crippen LogP contribution in [-0.2, 0) is 13.0 Å². The first-order valence-corrected chi connectivity index (χ1v) is 8.56. The first-order valence-electron chi connectivity index (χ1n) is 8.18. The number of aliphatic imine (C=N–C) groups is 1. The molecule has 2 aromatic heterocycles. The molecule has 1 aliphatic heterocycles. The molecule has 0 unspecified atom stereocenters. The van der Waals surface area contributed by atoms with Crippen LogP contribution in [0.3, 0.4) is 0 Å². The summed E-state index contributed by atoms with van der Waals surface area (Å²) in [4.78, 5) is 25.2. The van der Waals surface area contributed by atoms with E-state index in [9.17, 15) is 4.79 Å². The predicted molar refractivity (Wildman–Crippen MR) is 98.9 cm³/mol. The van der Waals surface area contributed by atoms with Crippen molar-refractivity contribution < 1.29 is 9.21 Å². The first-order chi connectivity index (χ1) is 12.7. The number of nitrogens with zero attached hydrogens (tertiary/aromatic N) is 3. The predicted octanol–water partition coefficient (Wildman–Crippen LogP) is 3.89. The van der Waals surface area contributed by atoms with Crippen LogP contribution in [0.4, 0.5) is 5.69 Å². The van der Waals surface area contributed by atoms with Crippen LogP contribution >= 0.6 is 11.6 Å². The van der Waals surface area contributed by atoms with Gasteiger partial charge < -0.3 is 9.73 Å². The van der Waals surface area contributed by atoms with Gasteiger partial charge >= 0.3 is 0 Å². The van der Waals surface area contributed by atoms with Gasteiger partial charge in [-0.15, -0.1) is 0 Å². The van der Waals surface area contributed by atoms with Gasteiger partial charge in [0.25, 0.3) is 5.91 Å². The van der Waals surface area contributed by atoms with Crippen LogP contribution in [0, 0.1) is 0 Å². The Kier molecular flexibility index (Phi) is 4.26. The number of hydrogen-bond acceptors (Lipinski definition) is 5. The second-order valence-corrected chi connectivity index (χ2v) is 6.20. The van der Waals surface area contributed by atoms with Crippen molar-refractivity contribution in [2.75, 3.05) is 5.32 Å². The number of oxazole rings is 1. The van der Waals surface area contributed by atoms with Crippen molar-refractivity contribution in [2.24, 2.45) is 4.99 Å². The molecule has 0 aliphatic carbocycles. The fraction of sp³-hybridized carbons (Fsp3) is 0.158. The lowest BCUT2D eigenvalue weighted by Crippen LogP contribution is -2.15. The summed E-state index contributed by atoms with van der Waals surface area (Å²) in [6, 6.07) is 7.40. The number of carbonyl (C=O) groups is 1. The molecule has 1 aliphatic rings. The summed E-state index contributed by atoms with van der Waals surface area (Å²) < 4.78 is 5.36. The minimum Gasteiger partial charge on any atom is -0.442 e. The Morgan fingerprint density at radius 3 is 3.00 bits per heavy atom. The highest BCUT2D eigenvalue weighted by atomic mass is 35.5. The van der Waals surface area contributed by atoms with E-state index < -0.39 is 0 Å². The fourth-order valence-corrected chi connectivity index (χ4v) is 3.31. The number of benzene rings is 1. The molecule has 0 radical (unpaired) electrons. The van der Waals surface area contributed by atoms with Crippen molar-refractivity contribution in [3.05, 3.63) is 76.2 Å². The molecule has 3 aromatic rings. The number of nitrogens with one attached hydrogen (secondary N) is 1. The van der Waals surface area contributed by atoms with Crippen LogP contribution in [0.15, 0.2) is 52.5 Å². The van der Waals surface area contributed by atoms with Crippen LogP contribution in [-0.4, -0.2) is 21.6 Å². The minimum absolute atomic E-state index is 0.220. The van der Waals surface area contributed by atoms with Gasteiger partial charge in [0.1, 0.15) is 10.9 Å². The van der Waals surface area contributed by atoms with Gasteiger partial charge in [0.05, 0.1) is 12.7 Å². The average molecular weight is 367 g/mol. The third-order valence-corrected chi connectivity index (χ3v) is 4.62. The zero-order valence-electron chi connectivity index (χ0n) is 14.0. The number of rotatable bonds is 4. The van der Waals surface area contributed by atoms with Crippen molar-refractivity contribution in [1.29, 1.82) is 0 Å². The standard InChI is InChI=1S/C19H15ClN4O2/c1-2-13-14(5-6-22-18(13)20)19(25)24-12-4-3-11-8-23-17(15(11)7-12)16-9-21-10-26-16/h3-7,9-10H,2,8H2,1H3,(H,24,25). The molecule has 0 fully saturated rings. The Bertz CT molecular complexity index is 1010. The molecule has 0 bridgehead atoms. The number of pyridine rings is 1. The molecule has 1 N–H and O–H groups in total. The van der Waals surface area contributed by atoms with Crippen molar-refractivity contribution in [3.8, 4) is 0 Å². The molecule has 26 heavy (non-hydrogen) atoms. The van der Waals surface area contributed by atoms with Crippen LogP contribution in [0.5, 0.6) is 0 Å². The topological polar surface area (TPSA) is 80.4 Å². The number of fused-ring (bicyclic) bond motifs is 1. The van der Waals surface area contributed by atoms with Gasteiger partial charge in [-0.3, -0.25) is 9.79 Å². The Hall–Kier alpha value is -2.99. The van der Waals surface area contributed by atoms with E-state index in [1.165, 1.54) is 12.6 Å². The molecule has 0 saturated heterocycles. The molecular formula is C19H15ClN4O2. The summed E-state index contributed by atoms with van der Waals surface area (Å²) in [5, 5.41) is 3.28. The number of hydrogen-bond donors (Lipinski definition) is 1. The SMILES string of the molecule is CCc1c(C(=O)Nc2ccc3c(c2)C(c2cnco2)=NC3)ccnc1Cl. The summed E-state index contributed by atoms with van der Waals surface area (Å²) >= 11 is 6.11.